The number of rotatable bonds is 2. The minimum atomic E-state index is -1.73. The number of hydrogen-bond donors (Lipinski definition) is 2. The molecule has 5 heteroatoms. The molecule has 0 saturated carbocycles. The Kier molecular flexibility index (Phi) is 5.09. The third kappa shape index (κ3) is 4.12. The molecule has 0 aromatic heterocycles. The first-order chi connectivity index (χ1) is 4.79. The molecule has 0 radical (unpaired) electrons. The van der Waals surface area contributed by atoms with E-state index in [9.17, 15) is 0 Å². The second-order valence-corrected chi connectivity index (χ2v) is 1.76. The number of hydrogen-bond acceptors (Lipinski definition) is 3. The molecule has 0 aliphatic carbocycles. The molecule has 0 bridgehead atoms. The van der Waals surface area contributed by atoms with Crippen molar-refractivity contribution < 1.29 is 14.7 Å². The second-order valence-electron chi connectivity index (χ2n) is 1.76. The van der Waals surface area contributed by atoms with Gasteiger partial charge in [-0.25, -0.2) is 0 Å². The fourth-order valence-electron chi connectivity index (χ4n) is 0.621. The SMILES string of the molecule is OB(O)Oc1ccccc1.[LiH]. The van der Waals surface area contributed by atoms with Crippen LogP contribution in [0.3, 0.4) is 0 Å². The molecular weight excluding hydrogens is 138 g/mol. The Hall–Kier alpha value is -0.398. The van der Waals surface area contributed by atoms with Crippen LogP contribution in [0.2, 0.25) is 0 Å². The van der Waals surface area contributed by atoms with E-state index in [1.54, 1.807) is 24.3 Å². The van der Waals surface area contributed by atoms with Crippen LogP contribution >= 0.6 is 0 Å². The third-order valence-electron chi connectivity index (χ3n) is 0.985. The maximum atomic E-state index is 8.34. The molecule has 0 saturated heterocycles. The van der Waals surface area contributed by atoms with Crippen LogP contribution in [0.1, 0.15) is 0 Å². The van der Waals surface area contributed by atoms with E-state index >= 15 is 0 Å². The molecule has 1 rings (SSSR count). The van der Waals surface area contributed by atoms with Crippen LogP contribution in [0.25, 0.3) is 0 Å². The van der Waals surface area contributed by atoms with Gasteiger partial charge >= 0.3 is 26.2 Å². The molecular formula is C6H8BLiO3. The predicted molar refractivity (Wildman–Crippen MR) is 44.4 cm³/mol. The minimum absolute atomic E-state index is 0. The quantitative estimate of drug-likeness (QED) is 0.547. The monoisotopic (exact) mass is 146 g/mol. The van der Waals surface area contributed by atoms with Gasteiger partial charge in [-0.2, -0.15) is 0 Å². The molecule has 0 atom stereocenters. The van der Waals surface area contributed by atoms with Crippen LogP contribution in [-0.2, 0) is 0 Å². The Bertz CT molecular complexity index is 192. The summed E-state index contributed by atoms with van der Waals surface area (Å²) in [6.07, 6.45) is 0. The van der Waals surface area contributed by atoms with Gasteiger partial charge in [0.2, 0.25) is 0 Å². The zero-order valence-corrected chi connectivity index (χ0v) is 5.27. The first kappa shape index (κ1) is 10.6. The van der Waals surface area contributed by atoms with E-state index in [-0.39, 0.29) is 18.9 Å². The fraction of sp³-hybridized carbons (Fsp3) is 0. The summed E-state index contributed by atoms with van der Waals surface area (Å²) in [5.41, 5.74) is 0. The van der Waals surface area contributed by atoms with Crippen molar-refractivity contribution in [3.63, 3.8) is 0 Å². The summed E-state index contributed by atoms with van der Waals surface area (Å²) < 4.78 is 4.53. The molecule has 0 spiro atoms. The number of para-hydroxylation sites is 1. The second kappa shape index (κ2) is 5.28. The van der Waals surface area contributed by atoms with Crippen LogP contribution in [0, 0.1) is 0 Å². The molecule has 0 amide bonds. The molecule has 1 aromatic carbocycles. The van der Waals surface area contributed by atoms with E-state index in [1.807, 2.05) is 6.07 Å². The van der Waals surface area contributed by atoms with Gasteiger partial charge in [-0.3, -0.25) is 0 Å². The fourth-order valence-corrected chi connectivity index (χ4v) is 0.621. The van der Waals surface area contributed by atoms with Gasteiger partial charge in [0.15, 0.2) is 0 Å². The van der Waals surface area contributed by atoms with Gasteiger partial charge in [0.05, 0.1) is 0 Å². The molecule has 0 unspecified atom stereocenters. The van der Waals surface area contributed by atoms with Gasteiger partial charge in [0, 0.05) is 0 Å². The molecule has 3 nitrogen and oxygen atoms in total. The molecule has 0 aliphatic heterocycles. The van der Waals surface area contributed by atoms with Crippen molar-refractivity contribution in [2.24, 2.45) is 0 Å². The summed E-state index contributed by atoms with van der Waals surface area (Å²) in [6.45, 7) is 0. The van der Waals surface area contributed by atoms with E-state index in [1.165, 1.54) is 0 Å². The van der Waals surface area contributed by atoms with Crippen molar-refractivity contribution >= 4 is 26.2 Å². The van der Waals surface area contributed by atoms with Gasteiger partial charge in [-0.15, -0.1) is 0 Å². The zero-order chi connectivity index (χ0) is 7.40. The van der Waals surface area contributed by atoms with Crippen molar-refractivity contribution in [3.05, 3.63) is 30.3 Å². The van der Waals surface area contributed by atoms with Gasteiger partial charge in [-0.05, 0) is 12.1 Å². The van der Waals surface area contributed by atoms with Crippen LogP contribution < -0.4 is 4.65 Å². The topological polar surface area (TPSA) is 49.7 Å². The van der Waals surface area contributed by atoms with Crippen molar-refractivity contribution in [2.45, 2.75) is 0 Å². The van der Waals surface area contributed by atoms with Crippen LogP contribution in [0.5, 0.6) is 5.75 Å². The molecule has 2 N–H and O–H groups in total. The Morgan fingerprint density at radius 1 is 1.09 bits per heavy atom. The first-order valence-corrected chi connectivity index (χ1v) is 2.87. The van der Waals surface area contributed by atoms with Crippen molar-refractivity contribution in [1.29, 1.82) is 0 Å². The molecule has 11 heavy (non-hydrogen) atoms. The summed E-state index contributed by atoms with van der Waals surface area (Å²) in [7, 11) is -1.73. The summed E-state index contributed by atoms with van der Waals surface area (Å²) >= 11 is 0. The molecule has 54 valence electrons. The average molecular weight is 146 g/mol. The zero-order valence-electron chi connectivity index (χ0n) is 5.27. The van der Waals surface area contributed by atoms with E-state index in [0.29, 0.717) is 5.75 Å². The van der Waals surface area contributed by atoms with Gasteiger partial charge in [0.25, 0.3) is 0 Å². The molecule has 1 aromatic rings. The summed E-state index contributed by atoms with van der Waals surface area (Å²) in [4.78, 5) is 0. The van der Waals surface area contributed by atoms with Crippen molar-refractivity contribution in [1.82, 2.24) is 0 Å². The van der Waals surface area contributed by atoms with E-state index in [2.05, 4.69) is 4.65 Å². The van der Waals surface area contributed by atoms with E-state index in [0.717, 1.165) is 0 Å². The Labute approximate surface area is 77.4 Å². The van der Waals surface area contributed by atoms with E-state index in [4.69, 9.17) is 10.0 Å². The predicted octanol–water partition coefficient (Wildman–Crippen LogP) is -0.614. The third-order valence-corrected chi connectivity index (χ3v) is 0.985. The Morgan fingerprint density at radius 2 is 1.64 bits per heavy atom. The summed E-state index contributed by atoms with van der Waals surface area (Å²) in [5, 5.41) is 16.7. The maximum absolute atomic E-state index is 8.34. The molecule has 0 aliphatic rings. The van der Waals surface area contributed by atoms with Crippen molar-refractivity contribution in [2.75, 3.05) is 0 Å². The Morgan fingerprint density at radius 3 is 2.09 bits per heavy atom. The van der Waals surface area contributed by atoms with Gasteiger partial charge in [-0.1, -0.05) is 18.2 Å². The summed E-state index contributed by atoms with van der Waals surface area (Å²) in [5.74, 6) is 0.442. The van der Waals surface area contributed by atoms with Crippen LogP contribution in [0.15, 0.2) is 30.3 Å². The average Bonchev–Trinajstić information content (AvgIpc) is 1.88. The summed E-state index contributed by atoms with van der Waals surface area (Å²) in [6, 6.07) is 8.59. The molecule has 0 heterocycles. The normalized spacial score (nSPS) is 8.18. The van der Waals surface area contributed by atoms with Gasteiger partial charge < -0.3 is 14.7 Å². The van der Waals surface area contributed by atoms with Crippen molar-refractivity contribution in [3.8, 4) is 5.75 Å². The molecule has 0 fully saturated rings. The first-order valence-electron chi connectivity index (χ1n) is 2.87. The number of benzene rings is 1. The Balaban J connectivity index is 0.000001000. The van der Waals surface area contributed by atoms with Gasteiger partial charge in [0.1, 0.15) is 5.75 Å². The van der Waals surface area contributed by atoms with E-state index < -0.39 is 7.32 Å². The van der Waals surface area contributed by atoms with Crippen LogP contribution in [-0.4, -0.2) is 36.2 Å². The standard InChI is InChI=1S/C6H7BO3.Li.H/c8-7(9)10-6-4-2-1-3-5-6;;/h1-5,8-9H;;. The van der Waals surface area contributed by atoms with Crippen LogP contribution in [0.4, 0.5) is 0 Å².